The van der Waals surface area contributed by atoms with E-state index in [4.69, 9.17) is 0 Å². The van der Waals surface area contributed by atoms with Crippen molar-refractivity contribution in [2.45, 2.75) is 19.9 Å². The van der Waals surface area contributed by atoms with Crippen LogP contribution in [-0.2, 0) is 4.79 Å². The fourth-order valence-electron chi connectivity index (χ4n) is 4.91. The summed E-state index contributed by atoms with van der Waals surface area (Å²) in [4.78, 5) is 69.1. The molecule has 0 radical (unpaired) electrons. The van der Waals surface area contributed by atoms with E-state index in [1.807, 2.05) is 32.0 Å². The molecule has 43 heavy (non-hydrogen) atoms. The quantitative estimate of drug-likeness (QED) is 0.253. The molecule has 0 aliphatic carbocycles. The highest BCUT2D eigenvalue weighted by Crippen LogP contribution is 2.35. The van der Waals surface area contributed by atoms with Crippen LogP contribution in [0.2, 0.25) is 0 Å². The van der Waals surface area contributed by atoms with Crippen molar-refractivity contribution in [1.82, 2.24) is 5.32 Å². The van der Waals surface area contributed by atoms with E-state index in [0.29, 0.717) is 21.8 Å². The molecule has 3 aromatic carbocycles. The second-order valence-corrected chi connectivity index (χ2v) is 11.0. The van der Waals surface area contributed by atoms with E-state index >= 15 is 0 Å². The van der Waals surface area contributed by atoms with Crippen molar-refractivity contribution in [3.63, 3.8) is 0 Å². The maximum atomic E-state index is 14.2. The van der Waals surface area contributed by atoms with Crippen molar-refractivity contribution < 1.29 is 29.1 Å². The predicted molar refractivity (Wildman–Crippen MR) is 164 cm³/mol. The Labute approximate surface area is 251 Å². The van der Waals surface area contributed by atoms with Gasteiger partial charge in [0.15, 0.2) is 5.78 Å². The molecule has 1 atom stereocenters. The highest BCUT2D eigenvalue weighted by molar-refractivity contribution is 7.12. The van der Waals surface area contributed by atoms with Crippen molar-refractivity contribution in [2.24, 2.45) is 0 Å². The summed E-state index contributed by atoms with van der Waals surface area (Å²) in [6.45, 7) is 3.13. The van der Waals surface area contributed by atoms with Gasteiger partial charge in [0.1, 0.15) is 6.04 Å². The van der Waals surface area contributed by atoms with Crippen LogP contribution >= 0.6 is 11.3 Å². The van der Waals surface area contributed by atoms with Gasteiger partial charge in [0.25, 0.3) is 11.8 Å². The smallest absolute Gasteiger partial charge is 0.335 e. The number of amides is 4. The number of hydrogen-bond acceptors (Lipinski definition) is 6. The highest BCUT2D eigenvalue weighted by atomic mass is 32.1. The van der Waals surface area contributed by atoms with Crippen molar-refractivity contribution >= 4 is 58.0 Å². The zero-order valence-electron chi connectivity index (χ0n) is 23.4. The number of anilines is 3. The van der Waals surface area contributed by atoms with Gasteiger partial charge in [-0.1, -0.05) is 42.5 Å². The number of hydrogen-bond donors (Lipinski definition) is 3. The van der Waals surface area contributed by atoms with Gasteiger partial charge in [-0.3, -0.25) is 14.4 Å². The number of benzene rings is 3. The second kappa shape index (κ2) is 12.3. The molecule has 11 heteroatoms. The largest absolute Gasteiger partial charge is 0.478 e. The number of urea groups is 1. The molecule has 4 aromatic rings. The molecule has 3 N–H and O–H groups in total. The van der Waals surface area contributed by atoms with Crippen LogP contribution in [0, 0.1) is 13.8 Å². The molecular formula is C32H28N4O6S. The number of nitrogens with zero attached hydrogens (tertiary/aromatic N) is 2. The Morgan fingerprint density at radius 3 is 2.44 bits per heavy atom. The molecule has 1 aromatic heterocycles. The number of carboxylic acid groups (broad SMARTS) is 1. The van der Waals surface area contributed by atoms with Gasteiger partial charge in [-0.05, 0) is 66.8 Å². The first-order chi connectivity index (χ1) is 20.6. The Bertz CT molecular complexity index is 1740. The van der Waals surface area contributed by atoms with Gasteiger partial charge in [0, 0.05) is 11.3 Å². The number of ketones is 1. The number of nitrogens with one attached hydrogen (secondary N) is 2. The van der Waals surface area contributed by atoms with Crippen LogP contribution in [0.1, 0.15) is 41.5 Å². The van der Waals surface area contributed by atoms with E-state index in [-0.39, 0.29) is 36.0 Å². The van der Waals surface area contributed by atoms with Gasteiger partial charge < -0.3 is 25.5 Å². The fraction of sp³-hybridized carbons (Fsp3) is 0.156. The van der Waals surface area contributed by atoms with Crippen LogP contribution in [0.3, 0.4) is 0 Å². The van der Waals surface area contributed by atoms with Gasteiger partial charge in [-0.15, -0.1) is 11.3 Å². The van der Waals surface area contributed by atoms with E-state index in [1.54, 1.807) is 41.8 Å². The average molecular weight is 597 g/mol. The third kappa shape index (κ3) is 6.31. The summed E-state index contributed by atoms with van der Waals surface area (Å²) < 4.78 is 0. The monoisotopic (exact) mass is 596 g/mol. The van der Waals surface area contributed by atoms with Crippen LogP contribution in [0.5, 0.6) is 0 Å². The number of carbonyl (C=O) groups excluding carboxylic acids is 4. The lowest BCUT2D eigenvalue weighted by Gasteiger charge is -2.25. The van der Waals surface area contributed by atoms with Crippen LogP contribution < -0.4 is 20.4 Å². The molecule has 0 saturated carbocycles. The number of carbonyl (C=O) groups is 5. The van der Waals surface area contributed by atoms with Gasteiger partial charge in [0.05, 0.1) is 34.9 Å². The first-order valence-electron chi connectivity index (χ1n) is 13.4. The Hall–Kier alpha value is -5.29. The third-order valence-electron chi connectivity index (χ3n) is 7.04. The van der Waals surface area contributed by atoms with E-state index in [9.17, 15) is 29.1 Å². The van der Waals surface area contributed by atoms with Gasteiger partial charge in [-0.2, -0.15) is 0 Å². The van der Waals surface area contributed by atoms with Crippen molar-refractivity contribution in [1.29, 1.82) is 0 Å². The molecule has 218 valence electrons. The molecule has 5 rings (SSSR count). The number of aromatic carboxylic acids is 1. The van der Waals surface area contributed by atoms with Crippen LogP contribution in [-0.4, -0.2) is 53.8 Å². The molecule has 1 aliphatic heterocycles. The van der Waals surface area contributed by atoms with Crippen molar-refractivity contribution in [2.75, 3.05) is 28.2 Å². The normalized spacial score (nSPS) is 14.5. The van der Waals surface area contributed by atoms with E-state index in [2.05, 4.69) is 10.6 Å². The summed E-state index contributed by atoms with van der Waals surface area (Å²) in [5.74, 6) is -2.40. The zero-order chi connectivity index (χ0) is 30.7. The Kier molecular flexibility index (Phi) is 8.35. The molecule has 10 nitrogen and oxygen atoms in total. The van der Waals surface area contributed by atoms with Crippen LogP contribution in [0.4, 0.5) is 21.9 Å². The summed E-state index contributed by atoms with van der Waals surface area (Å²) in [5.41, 5.74) is 3.00. The Morgan fingerprint density at radius 2 is 1.72 bits per heavy atom. The molecule has 0 saturated heterocycles. The average Bonchev–Trinajstić information content (AvgIpc) is 3.50. The second-order valence-electron chi connectivity index (χ2n) is 10.1. The standard InChI is InChI=1S/C32H28N4O6S/c1-19-12-13-25-26(15-19)36(18-27(37)23-10-4-3-7-20(23)2)29(38)24(17-35(25)30(39)28-11-6-14-43-28)34-32(42)33-22-9-5-8-21(16-22)31(40)41/h3-16,24H,17-18H2,1-2H3,(H,40,41)(H2,33,34,42). The zero-order valence-corrected chi connectivity index (χ0v) is 24.2. The minimum absolute atomic E-state index is 0.0252. The summed E-state index contributed by atoms with van der Waals surface area (Å²) in [6.07, 6.45) is 0. The summed E-state index contributed by atoms with van der Waals surface area (Å²) >= 11 is 1.25. The van der Waals surface area contributed by atoms with Gasteiger partial charge >= 0.3 is 12.0 Å². The predicted octanol–water partition coefficient (Wildman–Crippen LogP) is 5.13. The molecule has 4 amide bonds. The lowest BCUT2D eigenvalue weighted by Crippen LogP contribution is -2.54. The molecule has 1 unspecified atom stereocenters. The minimum atomic E-state index is -1.25. The number of fused-ring (bicyclic) bond motifs is 1. The SMILES string of the molecule is Cc1ccc2c(c1)N(CC(=O)c1ccccc1C)C(=O)C(NC(=O)Nc1cccc(C(=O)O)c1)CN2C(=O)c1cccs1. The molecule has 0 fully saturated rings. The molecular weight excluding hydrogens is 568 g/mol. The summed E-state index contributed by atoms with van der Waals surface area (Å²) in [5, 5.41) is 16.3. The molecule has 2 heterocycles. The number of carboxylic acids is 1. The summed E-state index contributed by atoms with van der Waals surface area (Å²) in [6, 6.07) is 19.4. The van der Waals surface area contributed by atoms with E-state index in [1.165, 1.54) is 45.4 Å². The Balaban J connectivity index is 1.53. The fourth-order valence-corrected chi connectivity index (χ4v) is 5.58. The number of thiophene rings is 1. The molecule has 1 aliphatic rings. The van der Waals surface area contributed by atoms with Crippen LogP contribution in [0.25, 0.3) is 0 Å². The Morgan fingerprint density at radius 1 is 0.930 bits per heavy atom. The minimum Gasteiger partial charge on any atom is -0.478 e. The van der Waals surface area contributed by atoms with E-state index in [0.717, 1.165) is 11.1 Å². The first-order valence-corrected chi connectivity index (χ1v) is 14.3. The number of Topliss-reactive ketones (excluding diaryl/α,β-unsaturated/α-hetero) is 1. The number of aryl methyl sites for hydroxylation is 2. The van der Waals surface area contributed by atoms with Gasteiger partial charge in [0.2, 0.25) is 0 Å². The molecule has 0 bridgehead atoms. The van der Waals surface area contributed by atoms with Gasteiger partial charge in [-0.25, -0.2) is 9.59 Å². The highest BCUT2D eigenvalue weighted by Gasteiger charge is 2.38. The topological polar surface area (TPSA) is 136 Å². The maximum absolute atomic E-state index is 14.2. The maximum Gasteiger partial charge on any atom is 0.335 e. The van der Waals surface area contributed by atoms with Crippen molar-refractivity contribution in [3.8, 4) is 0 Å². The lowest BCUT2D eigenvalue weighted by molar-refractivity contribution is -0.119. The lowest BCUT2D eigenvalue weighted by atomic mass is 10.0. The number of rotatable bonds is 7. The van der Waals surface area contributed by atoms with Crippen LogP contribution in [0.15, 0.2) is 84.2 Å². The third-order valence-corrected chi connectivity index (χ3v) is 7.90. The van der Waals surface area contributed by atoms with Crippen molar-refractivity contribution in [3.05, 3.63) is 111 Å². The van der Waals surface area contributed by atoms with E-state index < -0.39 is 23.9 Å². The molecule has 0 spiro atoms. The summed E-state index contributed by atoms with van der Waals surface area (Å²) in [7, 11) is 0. The first kappa shape index (κ1) is 29.2.